The molecule has 27 heavy (non-hydrogen) atoms. The molecule has 0 amide bonds. The molecule has 7 nitrogen and oxygen atoms in total. The Kier molecular flexibility index (Phi) is 5.02. The minimum atomic E-state index is 0.424. The Morgan fingerprint density at radius 1 is 1.15 bits per heavy atom. The van der Waals surface area contributed by atoms with E-state index in [4.69, 9.17) is 4.74 Å². The molecule has 2 aromatic heterocycles. The number of piperidine rings is 1. The molecule has 0 spiro atoms. The molecule has 140 valence electrons. The van der Waals surface area contributed by atoms with Gasteiger partial charge in [0.25, 0.3) is 0 Å². The van der Waals surface area contributed by atoms with Crippen molar-refractivity contribution in [3.63, 3.8) is 0 Å². The number of hydrogen-bond donors (Lipinski definition) is 1. The third kappa shape index (κ3) is 3.93. The first-order valence-corrected chi connectivity index (χ1v) is 9.19. The van der Waals surface area contributed by atoms with E-state index >= 15 is 0 Å². The highest BCUT2D eigenvalue weighted by molar-refractivity contribution is 5.59. The zero-order valence-electron chi connectivity index (χ0n) is 15.7. The van der Waals surface area contributed by atoms with E-state index in [1.807, 2.05) is 42.7 Å². The molecule has 0 saturated carbocycles. The molecule has 1 aliphatic rings. The number of para-hydroxylation sites is 2. The van der Waals surface area contributed by atoms with Gasteiger partial charge in [0.15, 0.2) is 0 Å². The van der Waals surface area contributed by atoms with Gasteiger partial charge < -0.3 is 15.0 Å². The van der Waals surface area contributed by atoms with E-state index in [0.717, 1.165) is 48.6 Å². The van der Waals surface area contributed by atoms with Crippen molar-refractivity contribution < 1.29 is 4.74 Å². The van der Waals surface area contributed by atoms with Gasteiger partial charge in [0.2, 0.25) is 5.95 Å². The van der Waals surface area contributed by atoms with Crippen molar-refractivity contribution in [2.24, 2.45) is 0 Å². The lowest BCUT2D eigenvalue weighted by molar-refractivity contribution is 0.263. The Morgan fingerprint density at radius 3 is 2.78 bits per heavy atom. The molecule has 1 aliphatic heterocycles. The quantitative estimate of drug-likeness (QED) is 0.751. The predicted molar refractivity (Wildman–Crippen MR) is 105 cm³/mol. The number of ether oxygens (including phenoxy) is 1. The van der Waals surface area contributed by atoms with Gasteiger partial charge in [-0.15, -0.1) is 0 Å². The summed E-state index contributed by atoms with van der Waals surface area (Å²) in [5, 5.41) is 7.95. The molecule has 0 atom stereocenters. The molecule has 1 aromatic carbocycles. The van der Waals surface area contributed by atoms with Crippen molar-refractivity contribution in [3.8, 4) is 22.7 Å². The SMILES string of the molecule is COc1ccccc1-n1cc(-c2ccnc(NC3CCN(C)CC3)n2)cn1. The summed E-state index contributed by atoms with van der Waals surface area (Å²) in [6, 6.07) is 10.1. The van der Waals surface area contributed by atoms with Crippen molar-refractivity contribution >= 4 is 5.95 Å². The van der Waals surface area contributed by atoms with Crippen LogP contribution in [0.15, 0.2) is 48.9 Å². The standard InChI is InChI=1S/C20H24N6O/c1-25-11-8-16(9-12-25)23-20-21-10-7-17(24-20)15-13-22-26(14-15)18-5-3-4-6-19(18)27-2/h3-7,10,13-14,16H,8-9,11-12H2,1-2H3,(H,21,23,24). The van der Waals surface area contributed by atoms with E-state index in [9.17, 15) is 0 Å². The number of methoxy groups -OCH3 is 1. The summed E-state index contributed by atoms with van der Waals surface area (Å²) >= 11 is 0. The third-order valence-electron chi connectivity index (χ3n) is 4.92. The van der Waals surface area contributed by atoms with Gasteiger partial charge in [-0.1, -0.05) is 12.1 Å². The molecule has 0 aliphatic carbocycles. The van der Waals surface area contributed by atoms with Gasteiger partial charge in [0.1, 0.15) is 11.4 Å². The van der Waals surface area contributed by atoms with E-state index in [1.165, 1.54) is 0 Å². The van der Waals surface area contributed by atoms with Crippen LogP contribution >= 0.6 is 0 Å². The van der Waals surface area contributed by atoms with Crippen molar-refractivity contribution in [1.82, 2.24) is 24.6 Å². The van der Waals surface area contributed by atoms with Crippen molar-refractivity contribution in [2.75, 3.05) is 32.6 Å². The highest BCUT2D eigenvalue weighted by Gasteiger charge is 2.17. The highest BCUT2D eigenvalue weighted by atomic mass is 16.5. The molecule has 3 heterocycles. The van der Waals surface area contributed by atoms with Crippen LogP contribution in [-0.2, 0) is 0 Å². The van der Waals surface area contributed by atoms with E-state index in [2.05, 4.69) is 32.3 Å². The fourth-order valence-corrected chi connectivity index (χ4v) is 3.33. The number of nitrogens with zero attached hydrogens (tertiary/aromatic N) is 5. The Balaban J connectivity index is 1.53. The van der Waals surface area contributed by atoms with Gasteiger partial charge in [0, 0.05) is 24.0 Å². The number of aromatic nitrogens is 4. The number of hydrogen-bond acceptors (Lipinski definition) is 6. The molecule has 0 bridgehead atoms. The second-order valence-electron chi connectivity index (χ2n) is 6.83. The summed E-state index contributed by atoms with van der Waals surface area (Å²) in [7, 11) is 3.82. The maximum atomic E-state index is 5.43. The van der Waals surface area contributed by atoms with Gasteiger partial charge in [0.05, 0.1) is 19.0 Å². The number of nitrogens with one attached hydrogen (secondary N) is 1. The van der Waals surface area contributed by atoms with Crippen molar-refractivity contribution in [2.45, 2.75) is 18.9 Å². The monoisotopic (exact) mass is 364 g/mol. The number of benzene rings is 1. The lowest BCUT2D eigenvalue weighted by atomic mass is 10.1. The molecule has 1 saturated heterocycles. The Morgan fingerprint density at radius 2 is 1.96 bits per heavy atom. The predicted octanol–water partition coefficient (Wildman–Crippen LogP) is 2.84. The average Bonchev–Trinajstić information content (AvgIpc) is 3.20. The molecule has 4 rings (SSSR count). The first-order valence-electron chi connectivity index (χ1n) is 9.19. The molecular weight excluding hydrogens is 340 g/mol. The number of anilines is 1. The van der Waals surface area contributed by atoms with E-state index < -0.39 is 0 Å². The fourth-order valence-electron chi connectivity index (χ4n) is 3.33. The van der Waals surface area contributed by atoms with Crippen molar-refractivity contribution in [3.05, 3.63) is 48.9 Å². The van der Waals surface area contributed by atoms with Gasteiger partial charge in [-0.25, -0.2) is 14.6 Å². The summed E-state index contributed by atoms with van der Waals surface area (Å²) in [5.41, 5.74) is 2.68. The lowest BCUT2D eigenvalue weighted by Gasteiger charge is -2.29. The summed E-state index contributed by atoms with van der Waals surface area (Å²) in [4.78, 5) is 11.4. The molecule has 7 heteroatoms. The van der Waals surface area contributed by atoms with Crippen LogP contribution in [0.1, 0.15) is 12.8 Å². The molecule has 1 fully saturated rings. The first kappa shape index (κ1) is 17.5. The zero-order valence-corrected chi connectivity index (χ0v) is 15.7. The van der Waals surface area contributed by atoms with Crippen LogP contribution in [-0.4, -0.2) is 57.9 Å². The van der Waals surface area contributed by atoms with Crippen LogP contribution in [0.25, 0.3) is 16.9 Å². The van der Waals surface area contributed by atoms with Crippen LogP contribution in [0.5, 0.6) is 5.75 Å². The highest BCUT2D eigenvalue weighted by Crippen LogP contribution is 2.24. The topological polar surface area (TPSA) is 68.1 Å². The maximum absolute atomic E-state index is 5.43. The summed E-state index contributed by atoms with van der Waals surface area (Å²) in [6.45, 7) is 2.20. The number of rotatable bonds is 5. The second-order valence-corrected chi connectivity index (χ2v) is 6.83. The van der Waals surface area contributed by atoms with Crippen LogP contribution in [0.3, 0.4) is 0 Å². The van der Waals surface area contributed by atoms with Gasteiger partial charge >= 0.3 is 0 Å². The molecule has 0 unspecified atom stereocenters. The van der Waals surface area contributed by atoms with E-state index in [-0.39, 0.29) is 0 Å². The molecule has 3 aromatic rings. The van der Waals surface area contributed by atoms with E-state index in [0.29, 0.717) is 12.0 Å². The normalized spacial score (nSPS) is 15.6. The average molecular weight is 364 g/mol. The van der Waals surface area contributed by atoms with Gasteiger partial charge in [-0.2, -0.15) is 5.10 Å². The Hall–Kier alpha value is -2.93. The smallest absolute Gasteiger partial charge is 0.223 e. The fraction of sp³-hybridized carbons (Fsp3) is 0.350. The van der Waals surface area contributed by atoms with E-state index in [1.54, 1.807) is 18.0 Å². The second kappa shape index (κ2) is 7.75. The summed E-state index contributed by atoms with van der Waals surface area (Å²) in [5.74, 6) is 1.45. The first-order chi connectivity index (χ1) is 13.2. The van der Waals surface area contributed by atoms with Gasteiger partial charge in [-0.05, 0) is 51.2 Å². The largest absolute Gasteiger partial charge is 0.494 e. The number of likely N-dealkylation sites (tertiary alicyclic amines) is 1. The Labute approximate surface area is 159 Å². The van der Waals surface area contributed by atoms with Crippen LogP contribution in [0, 0.1) is 0 Å². The summed E-state index contributed by atoms with van der Waals surface area (Å²) < 4.78 is 7.23. The maximum Gasteiger partial charge on any atom is 0.223 e. The third-order valence-corrected chi connectivity index (χ3v) is 4.92. The minimum absolute atomic E-state index is 0.424. The molecular formula is C20H24N6O. The zero-order chi connectivity index (χ0) is 18.6. The lowest BCUT2D eigenvalue weighted by Crippen LogP contribution is -2.37. The minimum Gasteiger partial charge on any atom is -0.494 e. The van der Waals surface area contributed by atoms with Crippen LogP contribution < -0.4 is 10.1 Å². The molecule has 1 N–H and O–H groups in total. The van der Waals surface area contributed by atoms with Crippen molar-refractivity contribution in [1.29, 1.82) is 0 Å². The van der Waals surface area contributed by atoms with Gasteiger partial charge in [-0.3, -0.25) is 0 Å². The van der Waals surface area contributed by atoms with Crippen LogP contribution in [0.2, 0.25) is 0 Å². The Bertz CT molecular complexity index is 901. The molecule has 0 radical (unpaired) electrons. The summed E-state index contributed by atoms with van der Waals surface area (Å²) in [6.07, 6.45) is 7.78. The van der Waals surface area contributed by atoms with Crippen LogP contribution in [0.4, 0.5) is 5.95 Å².